The molecule has 1 fully saturated rings. The Labute approximate surface area is 132 Å². The van der Waals surface area contributed by atoms with Gasteiger partial charge in [0.2, 0.25) is 0 Å². The maximum absolute atomic E-state index is 12.1. The molecule has 0 amide bonds. The highest BCUT2D eigenvalue weighted by atomic mass is 79.9. The summed E-state index contributed by atoms with van der Waals surface area (Å²) < 4.78 is 29.7. The number of carbonyl (C=O) groups is 1. The number of ether oxygens (including phenoxy) is 1. The van der Waals surface area contributed by atoms with Gasteiger partial charge in [0, 0.05) is 16.6 Å². The van der Waals surface area contributed by atoms with E-state index in [1.165, 1.54) is 0 Å². The molecule has 0 radical (unpaired) electrons. The molecule has 0 bridgehead atoms. The van der Waals surface area contributed by atoms with E-state index in [-0.39, 0.29) is 6.61 Å². The fraction of sp³-hybridized carbons (Fsp3) is 0.429. The predicted molar refractivity (Wildman–Crippen MR) is 80.2 cm³/mol. The summed E-state index contributed by atoms with van der Waals surface area (Å²) in [7, 11) is -3.56. The summed E-state index contributed by atoms with van der Waals surface area (Å²) in [4.78, 5) is 12.1. The molecule has 0 heterocycles. The van der Waals surface area contributed by atoms with Gasteiger partial charge < -0.3 is 4.74 Å². The van der Waals surface area contributed by atoms with Gasteiger partial charge >= 0.3 is 5.97 Å². The highest BCUT2D eigenvalue weighted by molar-refractivity contribution is 9.10. The van der Waals surface area contributed by atoms with Gasteiger partial charge in [-0.15, -0.1) is 0 Å². The lowest BCUT2D eigenvalue weighted by molar-refractivity contribution is -0.147. The standard InChI is InChI=1S/C14H14BrNO4S/c1-3-20-13(17)14(8-16)11(12(14)21(2,18)19)9-4-6-10(15)7-5-9/h4-7,11-12H,3H2,1-2H3/t11-,12+,14+/m1/s1. The number of nitrogens with zero attached hydrogens (tertiary/aromatic N) is 1. The molecule has 7 heteroatoms. The summed E-state index contributed by atoms with van der Waals surface area (Å²) in [5.74, 6) is -1.46. The van der Waals surface area contributed by atoms with Gasteiger partial charge in [-0.2, -0.15) is 5.26 Å². The molecule has 21 heavy (non-hydrogen) atoms. The zero-order valence-electron chi connectivity index (χ0n) is 11.5. The molecule has 0 aliphatic heterocycles. The van der Waals surface area contributed by atoms with Crippen LogP contribution >= 0.6 is 15.9 Å². The molecule has 0 unspecified atom stereocenters. The monoisotopic (exact) mass is 371 g/mol. The minimum Gasteiger partial charge on any atom is -0.465 e. The highest BCUT2D eigenvalue weighted by Gasteiger charge is 2.76. The van der Waals surface area contributed by atoms with E-state index >= 15 is 0 Å². The molecule has 5 nitrogen and oxygen atoms in total. The van der Waals surface area contributed by atoms with Crippen LogP contribution in [0.3, 0.4) is 0 Å². The molecule has 1 aliphatic rings. The van der Waals surface area contributed by atoms with Crippen LogP contribution in [0.25, 0.3) is 0 Å². The van der Waals surface area contributed by atoms with Crippen LogP contribution in [-0.2, 0) is 19.4 Å². The van der Waals surface area contributed by atoms with Crippen molar-refractivity contribution in [2.45, 2.75) is 18.1 Å². The summed E-state index contributed by atoms with van der Waals surface area (Å²) in [6.07, 6.45) is 1.04. The maximum Gasteiger partial charge on any atom is 0.328 e. The zero-order chi connectivity index (χ0) is 15.8. The van der Waals surface area contributed by atoms with Gasteiger partial charge in [0.05, 0.1) is 12.7 Å². The molecule has 0 aromatic heterocycles. The second-order valence-electron chi connectivity index (χ2n) is 4.98. The van der Waals surface area contributed by atoms with E-state index in [1.54, 1.807) is 31.2 Å². The number of hydrogen-bond acceptors (Lipinski definition) is 5. The first-order chi connectivity index (χ1) is 9.79. The molecular weight excluding hydrogens is 358 g/mol. The Morgan fingerprint density at radius 1 is 1.43 bits per heavy atom. The molecule has 0 N–H and O–H groups in total. The van der Waals surface area contributed by atoms with Crippen LogP contribution in [0, 0.1) is 16.7 Å². The Hall–Kier alpha value is -1.39. The quantitative estimate of drug-likeness (QED) is 0.756. The molecule has 112 valence electrons. The van der Waals surface area contributed by atoms with Crippen molar-refractivity contribution in [1.82, 2.24) is 0 Å². The van der Waals surface area contributed by atoms with Crippen LogP contribution in [0.4, 0.5) is 0 Å². The Morgan fingerprint density at radius 2 is 2.00 bits per heavy atom. The van der Waals surface area contributed by atoms with Crippen molar-refractivity contribution in [3.63, 3.8) is 0 Å². The first-order valence-corrected chi connectivity index (χ1v) is 9.06. The van der Waals surface area contributed by atoms with Crippen molar-refractivity contribution in [2.24, 2.45) is 5.41 Å². The van der Waals surface area contributed by atoms with Crippen molar-refractivity contribution in [2.75, 3.05) is 12.9 Å². The molecule has 1 saturated carbocycles. The van der Waals surface area contributed by atoms with Gasteiger partial charge in [-0.25, -0.2) is 8.42 Å². The molecule has 0 saturated heterocycles. The predicted octanol–water partition coefficient (Wildman–Crippen LogP) is 2.03. The van der Waals surface area contributed by atoms with E-state index in [9.17, 15) is 18.5 Å². The molecule has 1 aliphatic carbocycles. The van der Waals surface area contributed by atoms with Crippen molar-refractivity contribution < 1.29 is 17.9 Å². The molecular formula is C14H14BrNO4S. The topological polar surface area (TPSA) is 84.2 Å². The second kappa shape index (κ2) is 5.43. The van der Waals surface area contributed by atoms with Gasteiger partial charge in [0.25, 0.3) is 0 Å². The third kappa shape index (κ3) is 2.58. The average Bonchev–Trinajstić information content (AvgIpc) is 3.10. The van der Waals surface area contributed by atoms with E-state index in [2.05, 4.69) is 15.9 Å². The van der Waals surface area contributed by atoms with Crippen LogP contribution in [0.2, 0.25) is 0 Å². The number of halogens is 1. The number of benzene rings is 1. The number of carbonyl (C=O) groups excluding carboxylic acids is 1. The molecule has 2 rings (SSSR count). The SMILES string of the molecule is CCOC(=O)[C@@]1(C#N)[C@H](c2ccc(Br)cc2)[C@@H]1S(C)(=O)=O. The number of nitriles is 1. The Morgan fingerprint density at radius 3 is 2.43 bits per heavy atom. The number of sulfone groups is 1. The zero-order valence-corrected chi connectivity index (χ0v) is 13.9. The van der Waals surface area contributed by atoms with Crippen molar-refractivity contribution in [3.8, 4) is 6.07 Å². The molecule has 3 atom stereocenters. The first-order valence-electron chi connectivity index (χ1n) is 6.31. The minimum absolute atomic E-state index is 0.103. The van der Waals surface area contributed by atoms with Gasteiger partial charge in [0.1, 0.15) is 5.25 Å². The van der Waals surface area contributed by atoms with Gasteiger partial charge in [0.15, 0.2) is 15.3 Å². The summed E-state index contributed by atoms with van der Waals surface area (Å²) in [6, 6.07) is 8.82. The Balaban J connectivity index is 2.50. The largest absolute Gasteiger partial charge is 0.465 e. The minimum atomic E-state index is -3.56. The van der Waals surface area contributed by atoms with Crippen LogP contribution in [0.5, 0.6) is 0 Å². The summed E-state index contributed by atoms with van der Waals surface area (Å²) in [6.45, 7) is 1.72. The van der Waals surface area contributed by atoms with E-state index in [0.29, 0.717) is 5.56 Å². The summed E-state index contributed by atoms with van der Waals surface area (Å²) >= 11 is 3.29. The number of esters is 1. The van der Waals surface area contributed by atoms with Crippen molar-refractivity contribution in [3.05, 3.63) is 34.3 Å². The van der Waals surface area contributed by atoms with E-state index in [4.69, 9.17) is 4.74 Å². The molecule has 0 spiro atoms. The van der Waals surface area contributed by atoms with E-state index < -0.39 is 32.4 Å². The van der Waals surface area contributed by atoms with Crippen LogP contribution < -0.4 is 0 Å². The lowest BCUT2D eigenvalue weighted by atomic mass is 10.0. The number of hydrogen-bond donors (Lipinski definition) is 0. The van der Waals surface area contributed by atoms with Crippen molar-refractivity contribution >= 4 is 31.7 Å². The average molecular weight is 372 g/mol. The first kappa shape index (κ1) is 16.0. The molecule has 1 aromatic carbocycles. The third-order valence-electron chi connectivity index (χ3n) is 3.62. The highest BCUT2D eigenvalue weighted by Crippen LogP contribution is 2.63. The van der Waals surface area contributed by atoms with E-state index in [0.717, 1.165) is 10.7 Å². The van der Waals surface area contributed by atoms with Gasteiger partial charge in [-0.3, -0.25) is 4.79 Å². The fourth-order valence-electron chi connectivity index (χ4n) is 2.72. The van der Waals surface area contributed by atoms with Crippen LogP contribution in [-0.4, -0.2) is 32.5 Å². The smallest absolute Gasteiger partial charge is 0.328 e. The summed E-state index contributed by atoms with van der Waals surface area (Å²) in [5, 5.41) is 8.39. The summed E-state index contributed by atoms with van der Waals surface area (Å²) in [5.41, 5.74) is -1.000. The van der Waals surface area contributed by atoms with E-state index in [1.807, 2.05) is 6.07 Å². The van der Waals surface area contributed by atoms with Gasteiger partial charge in [-0.05, 0) is 24.6 Å². The Bertz CT molecular complexity index is 707. The second-order valence-corrected chi connectivity index (χ2v) is 8.06. The van der Waals surface area contributed by atoms with Gasteiger partial charge in [-0.1, -0.05) is 28.1 Å². The fourth-order valence-corrected chi connectivity index (χ4v) is 4.74. The lowest BCUT2D eigenvalue weighted by Crippen LogP contribution is -2.24. The maximum atomic E-state index is 12.1. The lowest BCUT2D eigenvalue weighted by Gasteiger charge is -2.08. The Kier molecular flexibility index (Phi) is 4.13. The normalized spacial score (nSPS) is 27.7. The van der Waals surface area contributed by atoms with Crippen molar-refractivity contribution in [1.29, 1.82) is 5.26 Å². The number of rotatable bonds is 4. The van der Waals surface area contributed by atoms with Crippen LogP contribution in [0.1, 0.15) is 18.4 Å². The third-order valence-corrected chi connectivity index (χ3v) is 5.72. The molecule has 1 aromatic rings. The van der Waals surface area contributed by atoms with Crippen LogP contribution in [0.15, 0.2) is 28.7 Å².